The monoisotopic (exact) mass is 1090 g/mol. The number of hydrogen-bond acceptors (Lipinski definition) is 13. The van der Waals surface area contributed by atoms with Crippen molar-refractivity contribution in [2.45, 2.75) is 56.2 Å². The van der Waals surface area contributed by atoms with Crippen molar-refractivity contribution >= 4 is 93.5 Å². The second-order valence-electron chi connectivity index (χ2n) is 17.5. The Bertz CT molecular complexity index is 4250. The highest BCUT2D eigenvalue weighted by atomic mass is 32.2. The molecule has 0 unspecified atom stereocenters. The SMILES string of the molecule is Cc1c(/N=c2\ccc3c(-c4ccccc4S(=O)(=O)O)c4ccc(Nc5c(C)c(NC(=O)c6ccccc6C(=O)O)c(C)c(S(=O)(=O)O)c5C)cc4oc-3c2)c(C)c(S(=O)(=O)O)c(C)c1NC(=O)c1ccccc1C(=O)O. The predicted molar refractivity (Wildman–Crippen MR) is 280 cm³/mol. The highest BCUT2D eigenvalue weighted by Crippen LogP contribution is 2.45. The van der Waals surface area contributed by atoms with E-state index in [0.717, 1.165) is 0 Å². The molecule has 6 aromatic rings. The Kier molecular flexibility index (Phi) is 14.1. The summed E-state index contributed by atoms with van der Waals surface area (Å²) < 4.78 is 116. The summed E-state index contributed by atoms with van der Waals surface area (Å²) in [6.45, 7) is 8.57. The minimum atomic E-state index is -5.00. The summed E-state index contributed by atoms with van der Waals surface area (Å²) in [4.78, 5) is 54.5. The van der Waals surface area contributed by atoms with Gasteiger partial charge in [-0.1, -0.05) is 42.5 Å². The number of benzene rings is 7. The van der Waals surface area contributed by atoms with Crippen molar-refractivity contribution in [3.63, 3.8) is 0 Å². The fraction of sp³-hybridized carbons (Fsp3) is 0.113. The van der Waals surface area contributed by atoms with E-state index in [1.807, 2.05) is 0 Å². The largest absolute Gasteiger partial charge is 0.478 e. The second-order valence-corrected chi connectivity index (χ2v) is 21.6. The molecular weight excluding hydrogens is 1040 g/mol. The summed E-state index contributed by atoms with van der Waals surface area (Å²) in [6, 6.07) is 25.4. The molecule has 0 radical (unpaired) electrons. The molecule has 20 nitrogen and oxygen atoms in total. The Hall–Kier alpha value is -8.58. The van der Waals surface area contributed by atoms with Gasteiger partial charge in [-0.05, 0) is 130 Å². The molecule has 76 heavy (non-hydrogen) atoms. The number of aromatic carboxylic acids is 2. The number of carbonyl (C=O) groups is 4. The average Bonchev–Trinajstić information content (AvgIpc) is 3.38. The van der Waals surface area contributed by atoms with E-state index >= 15 is 0 Å². The number of carboxylic acid groups (broad SMARTS) is 2. The van der Waals surface area contributed by atoms with Crippen LogP contribution in [0.5, 0.6) is 0 Å². The van der Waals surface area contributed by atoms with Crippen molar-refractivity contribution in [3.05, 3.63) is 170 Å². The van der Waals surface area contributed by atoms with Crippen LogP contribution in [-0.4, -0.2) is 72.9 Å². The van der Waals surface area contributed by atoms with Crippen LogP contribution in [0, 0.1) is 41.5 Å². The number of carbonyl (C=O) groups excluding carboxylic acids is 2. The van der Waals surface area contributed by atoms with Crippen LogP contribution in [-0.2, 0) is 30.4 Å². The van der Waals surface area contributed by atoms with Crippen LogP contribution in [0.1, 0.15) is 74.8 Å². The summed E-state index contributed by atoms with van der Waals surface area (Å²) >= 11 is 0. The quantitative estimate of drug-likeness (QED) is 0.0393. The van der Waals surface area contributed by atoms with E-state index < -0.39 is 68.8 Å². The van der Waals surface area contributed by atoms with Crippen LogP contribution in [0.2, 0.25) is 0 Å². The summed E-state index contributed by atoms with van der Waals surface area (Å²) in [5, 5.41) is 28.3. The van der Waals surface area contributed by atoms with E-state index in [1.54, 1.807) is 25.1 Å². The Morgan fingerprint density at radius 1 is 0.500 bits per heavy atom. The third-order valence-corrected chi connectivity index (χ3v) is 15.9. The first-order chi connectivity index (χ1) is 35.6. The molecule has 23 heteroatoms. The van der Waals surface area contributed by atoms with Crippen molar-refractivity contribution in [1.82, 2.24) is 0 Å². The zero-order chi connectivity index (χ0) is 55.5. The van der Waals surface area contributed by atoms with Gasteiger partial charge in [0.25, 0.3) is 42.2 Å². The van der Waals surface area contributed by atoms with Gasteiger partial charge in [-0.15, -0.1) is 0 Å². The molecule has 0 spiro atoms. The summed E-state index contributed by atoms with van der Waals surface area (Å²) in [6.07, 6.45) is 0. The number of anilines is 4. The first kappa shape index (κ1) is 53.7. The molecule has 0 atom stereocenters. The van der Waals surface area contributed by atoms with Gasteiger partial charge in [0.1, 0.15) is 26.0 Å². The van der Waals surface area contributed by atoms with Crippen LogP contribution in [0.3, 0.4) is 0 Å². The number of carboxylic acids is 2. The van der Waals surface area contributed by atoms with Gasteiger partial charge in [-0.2, -0.15) is 25.3 Å². The Labute approximate surface area is 434 Å². The molecule has 2 amide bonds. The van der Waals surface area contributed by atoms with Gasteiger partial charge in [-0.3, -0.25) is 23.2 Å². The first-order valence-corrected chi connectivity index (χ1v) is 26.8. The minimum absolute atomic E-state index is 0.0256. The number of nitrogens with zero attached hydrogens (tertiary/aromatic N) is 1. The molecule has 0 saturated carbocycles. The summed E-state index contributed by atoms with van der Waals surface area (Å²) in [7, 11) is -14.9. The molecule has 8 N–H and O–H groups in total. The van der Waals surface area contributed by atoms with Crippen molar-refractivity contribution in [2.75, 3.05) is 16.0 Å². The highest BCUT2D eigenvalue weighted by Gasteiger charge is 2.30. The van der Waals surface area contributed by atoms with Gasteiger partial charge in [0.15, 0.2) is 0 Å². The van der Waals surface area contributed by atoms with Crippen molar-refractivity contribution in [3.8, 4) is 22.5 Å². The second kappa shape index (κ2) is 19.9. The van der Waals surface area contributed by atoms with E-state index in [2.05, 4.69) is 16.0 Å². The van der Waals surface area contributed by atoms with Crippen LogP contribution in [0.25, 0.3) is 33.4 Å². The van der Waals surface area contributed by atoms with Gasteiger partial charge in [-0.25, -0.2) is 14.6 Å². The lowest BCUT2D eigenvalue weighted by atomic mass is 9.93. The lowest BCUT2D eigenvalue weighted by Crippen LogP contribution is -2.19. The topological polar surface area (TPSA) is 333 Å². The number of hydrogen-bond donors (Lipinski definition) is 8. The Morgan fingerprint density at radius 3 is 1.51 bits per heavy atom. The number of nitrogens with one attached hydrogen (secondary N) is 3. The van der Waals surface area contributed by atoms with Crippen LogP contribution >= 0.6 is 0 Å². The van der Waals surface area contributed by atoms with Crippen LogP contribution < -0.4 is 21.3 Å². The maximum atomic E-state index is 13.7. The lowest BCUT2D eigenvalue weighted by Gasteiger charge is -2.23. The number of amides is 2. The maximum absolute atomic E-state index is 13.7. The third kappa shape index (κ3) is 10.0. The fourth-order valence-electron chi connectivity index (χ4n) is 9.47. The fourth-order valence-corrected chi connectivity index (χ4v) is 12.1. The molecule has 0 aromatic heterocycles. The molecule has 6 aromatic carbocycles. The van der Waals surface area contributed by atoms with Gasteiger partial charge in [0.05, 0.1) is 44.7 Å². The van der Waals surface area contributed by atoms with Crippen LogP contribution in [0.4, 0.5) is 28.4 Å². The van der Waals surface area contributed by atoms with Gasteiger partial charge >= 0.3 is 11.9 Å². The molecule has 0 fully saturated rings. The van der Waals surface area contributed by atoms with E-state index in [1.165, 1.54) is 126 Å². The van der Waals surface area contributed by atoms with E-state index in [0.29, 0.717) is 5.39 Å². The molecule has 390 valence electrons. The van der Waals surface area contributed by atoms with E-state index in [4.69, 9.17) is 9.41 Å². The van der Waals surface area contributed by atoms with Gasteiger partial charge < -0.3 is 30.6 Å². The number of fused-ring (bicyclic) bond motifs is 2. The van der Waals surface area contributed by atoms with Gasteiger partial charge in [0, 0.05) is 45.6 Å². The zero-order valence-corrected chi connectivity index (χ0v) is 43.2. The molecule has 1 aliphatic heterocycles. The highest BCUT2D eigenvalue weighted by molar-refractivity contribution is 7.86. The van der Waals surface area contributed by atoms with Crippen molar-refractivity contribution < 1.29 is 72.7 Å². The summed E-state index contributed by atoms with van der Waals surface area (Å²) in [5.74, 6) is -4.53. The molecule has 0 bridgehead atoms. The predicted octanol–water partition coefficient (Wildman–Crippen LogP) is 9.67. The smallest absolute Gasteiger partial charge is 0.336 e. The minimum Gasteiger partial charge on any atom is -0.478 e. The zero-order valence-electron chi connectivity index (χ0n) is 40.8. The summed E-state index contributed by atoms with van der Waals surface area (Å²) in [5.41, 5.74) is -0.0197. The number of rotatable bonds is 13. The van der Waals surface area contributed by atoms with Crippen molar-refractivity contribution in [2.24, 2.45) is 4.99 Å². The molecular formula is C53H44N4O16S3. The molecule has 1 aliphatic carbocycles. The normalized spacial score (nSPS) is 12.2. The van der Waals surface area contributed by atoms with E-state index in [-0.39, 0.29) is 117 Å². The third-order valence-electron chi connectivity index (χ3n) is 12.8. The lowest BCUT2D eigenvalue weighted by molar-refractivity contribution is 0.0683. The van der Waals surface area contributed by atoms with Crippen molar-refractivity contribution in [1.29, 1.82) is 0 Å². The Morgan fingerprint density at radius 2 is 0.987 bits per heavy atom. The molecule has 8 rings (SSSR count). The standard InChI is InChI=1S/C53H44N4O16S3/c1-25-44(27(3)48(75(67,68)69)29(5)46(25)56-50(58)33-13-7-9-15-35(33)52(60)61)54-31-19-21-37-40(23-31)73-41-24-32(20-22-38(41)43(37)39-17-11-12-18-42(39)74(64,65)66)55-45-26(2)47(30(6)49(28(45)4)76(70,71)72)57-51(59)34-14-8-10-16-36(34)53(62)63/h7-24,54H,1-6H3,(H,56,58)(H,57,59)(H,60,61)(H,62,63)(H,64,65,66)(H,67,68,69)(H,70,71,72)/b55-32+. The first-order valence-electron chi connectivity index (χ1n) is 22.5. The molecule has 2 aliphatic rings. The molecule has 1 heterocycles. The Balaban J connectivity index is 1.34. The van der Waals surface area contributed by atoms with E-state index in [9.17, 15) is 68.3 Å². The van der Waals surface area contributed by atoms with Gasteiger partial charge in [0.2, 0.25) is 0 Å². The average molecular weight is 1090 g/mol. The molecule has 0 saturated heterocycles. The maximum Gasteiger partial charge on any atom is 0.336 e. The van der Waals surface area contributed by atoms with Crippen LogP contribution in [0.15, 0.2) is 133 Å².